The lowest BCUT2D eigenvalue weighted by Gasteiger charge is -2.03. The Bertz CT molecular complexity index is 118. The average Bonchev–Trinajstić information content (AvgIpc) is 2.10. The molecule has 0 fully saturated rings. The molecule has 0 aromatic carbocycles. The third-order valence-electron chi connectivity index (χ3n) is 1.46. The van der Waals surface area contributed by atoms with Gasteiger partial charge in [-0.15, -0.1) is 0 Å². The Morgan fingerprint density at radius 2 is 2.08 bits per heavy atom. The molecule has 0 rings (SSSR count). The maximum absolute atomic E-state index is 10.7. The predicted molar refractivity (Wildman–Crippen MR) is 47.9 cm³/mol. The van der Waals surface area contributed by atoms with Crippen molar-refractivity contribution in [2.75, 3.05) is 26.2 Å². The van der Waals surface area contributed by atoms with Crippen LogP contribution in [0.15, 0.2) is 0 Å². The van der Waals surface area contributed by atoms with Crippen LogP contribution in [0.1, 0.15) is 19.8 Å². The van der Waals surface area contributed by atoms with Crippen LogP contribution in [-0.4, -0.2) is 37.3 Å². The number of rotatable bonds is 7. The first-order chi connectivity index (χ1) is 5.81. The number of aliphatic hydroxyl groups is 1. The van der Waals surface area contributed by atoms with Crippen LogP contribution in [0.25, 0.3) is 0 Å². The van der Waals surface area contributed by atoms with Crippen molar-refractivity contribution in [3.8, 4) is 0 Å². The topological polar surface area (TPSA) is 61.4 Å². The van der Waals surface area contributed by atoms with Crippen LogP contribution in [0.5, 0.6) is 0 Å². The van der Waals surface area contributed by atoms with Crippen molar-refractivity contribution in [2.45, 2.75) is 19.8 Å². The Kier molecular flexibility index (Phi) is 8.05. The standard InChI is InChI=1S/C8H18N2O2/c1-2-8(12)10-5-3-4-9-6-7-11/h9,11H,2-7H2,1H3,(H,10,12). The van der Waals surface area contributed by atoms with Crippen molar-refractivity contribution in [1.29, 1.82) is 0 Å². The molecule has 0 atom stereocenters. The lowest BCUT2D eigenvalue weighted by molar-refractivity contribution is -0.120. The van der Waals surface area contributed by atoms with Crippen LogP contribution in [0.2, 0.25) is 0 Å². The Balaban J connectivity index is 2.95. The third kappa shape index (κ3) is 7.50. The number of hydrogen-bond acceptors (Lipinski definition) is 3. The number of aliphatic hydroxyl groups excluding tert-OH is 1. The molecule has 0 unspecified atom stereocenters. The van der Waals surface area contributed by atoms with Crippen molar-refractivity contribution >= 4 is 5.91 Å². The minimum absolute atomic E-state index is 0.0946. The summed E-state index contributed by atoms with van der Waals surface area (Å²) in [5.74, 6) is 0.0946. The molecule has 0 aliphatic heterocycles. The van der Waals surface area contributed by atoms with Gasteiger partial charge in [0.1, 0.15) is 0 Å². The van der Waals surface area contributed by atoms with E-state index < -0.39 is 0 Å². The van der Waals surface area contributed by atoms with Crippen molar-refractivity contribution in [3.05, 3.63) is 0 Å². The van der Waals surface area contributed by atoms with Crippen LogP contribution in [0, 0.1) is 0 Å². The summed E-state index contributed by atoms with van der Waals surface area (Å²) < 4.78 is 0. The summed E-state index contributed by atoms with van der Waals surface area (Å²) in [7, 11) is 0. The van der Waals surface area contributed by atoms with E-state index in [1.165, 1.54) is 0 Å². The molecule has 0 radical (unpaired) electrons. The first-order valence-corrected chi connectivity index (χ1v) is 4.39. The Morgan fingerprint density at radius 3 is 2.67 bits per heavy atom. The molecule has 0 aromatic rings. The number of amides is 1. The fourth-order valence-corrected chi connectivity index (χ4v) is 0.770. The molecule has 0 bridgehead atoms. The Morgan fingerprint density at radius 1 is 1.33 bits per heavy atom. The van der Waals surface area contributed by atoms with Crippen molar-refractivity contribution in [2.24, 2.45) is 0 Å². The zero-order valence-electron chi connectivity index (χ0n) is 7.60. The molecule has 0 spiro atoms. The fourth-order valence-electron chi connectivity index (χ4n) is 0.770. The van der Waals surface area contributed by atoms with Crippen LogP contribution < -0.4 is 10.6 Å². The second-order valence-corrected chi connectivity index (χ2v) is 2.53. The summed E-state index contributed by atoms with van der Waals surface area (Å²) in [6, 6.07) is 0. The molecule has 0 saturated carbocycles. The lowest BCUT2D eigenvalue weighted by atomic mass is 10.4. The minimum atomic E-state index is 0.0946. The lowest BCUT2D eigenvalue weighted by Crippen LogP contribution is -2.27. The number of carbonyl (C=O) groups is 1. The highest BCUT2D eigenvalue weighted by molar-refractivity contribution is 5.75. The van der Waals surface area contributed by atoms with Crippen molar-refractivity contribution < 1.29 is 9.90 Å². The van der Waals surface area contributed by atoms with E-state index in [0.29, 0.717) is 19.5 Å². The summed E-state index contributed by atoms with van der Waals surface area (Å²) in [6.45, 7) is 4.18. The molecule has 3 N–H and O–H groups in total. The van der Waals surface area contributed by atoms with E-state index >= 15 is 0 Å². The highest BCUT2D eigenvalue weighted by Crippen LogP contribution is 1.77. The van der Waals surface area contributed by atoms with Crippen LogP contribution in [0.4, 0.5) is 0 Å². The van der Waals surface area contributed by atoms with Crippen molar-refractivity contribution in [3.63, 3.8) is 0 Å². The number of hydrogen-bond donors (Lipinski definition) is 3. The number of nitrogens with one attached hydrogen (secondary N) is 2. The molecule has 4 nitrogen and oxygen atoms in total. The van der Waals surface area contributed by atoms with Gasteiger partial charge in [0.2, 0.25) is 5.91 Å². The maximum atomic E-state index is 10.7. The van der Waals surface area contributed by atoms with E-state index in [1.54, 1.807) is 0 Å². The molecule has 0 saturated heterocycles. The van der Waals surface area contributed by atoms with Crippen LogP contribution >= 0.6 is 0 Å². The second kappa shape index (κ2) is 8.49. The highest BCUT2D eigenvalue weighted by Gasteiger charge is 1.93. The first-order valence-electron chi connectivity index (χ1n) is 4.39. The zero-order valence-corrected chi connectivity index (χ0v) is 7.60. The summed E-state index contributed by atoms with van der Waals surface area (Å²) >= 11 is 0. The maximum Gasteiger partial charge on any atom is 0.219 e. The monoisotopic (exact) mass is 174 g/mol. The quantitative estimate of drug-likeness (QED) is 0.455. The molecule has 1 amide bonds. The molecule has 12 heavy (non-hydrogen) atoms. The van der Waals surface area contributed by atoms with Gasteiger partial charge < -0.3 is 15.7 Å². The van der Waals surface area contributed by atoms with Gasteiger partial charge in [0, 0.05) is 19.5 Å². The van der Waals surface area contributed by atoms with E-state index in [-0.39, 0.29) is 12.5 Å². The highest BCUT2D eigenvalue weighted by atomic mass is 16.3. The van der Waals surface area contributed by atoms with E-state index in [9.17, 15) is 4.79 Å². The molecule has 72 valence electrons. The van der Waals surface area contributed by atoms with Crippen molar-refractivity contribution in [1.82, 2.24) is 10.6 Å². The van der Waals surface area contributed by atoms with Gasteiger partial charge in [-0.2, -0.15) is 0 Å². The van der Waals surface area contributed by atoms with Crippen LogP contribution in [-0.2, 0) is 4.79 Å². The molecule has 0 heterocycles. The van der Waals surface area contributed by atoms with Gasteiger partial charge in [0.15, 0.2) is 0 Å². The van der Waals surface area contributed by atoms with E-state index in [2.05, 4.69) is 10.6 Å². The summed E-state index contributed by atoms with van der Waals surface area (Å²) in [6.07, 6.45) is 1.45. The molecular formula is C8H18N2O2. The van der Waals surface area contributed by atoms with Gasteiger partial charge in [-0.1, -0.05) is 6.92 Å². The summed E-state index contributed by atoms with van der Waals surface area (Å²) in [4.78, 5) is 10.7. The zero-order chi connectivity index (χ0) is 9.23. The second-order valence-electron chi connectivity index (χ2n) is 2.53. The molecule has 0 aromatic heterocycles. The van der Waals surface area contributed by atoms with E-state index in [1.807, 2.05) is 6.92 Å². The normalized spacial score (nSPS) is 9.83. The van der Waals surface area contributed by atoms with Gasteiger partial charge in [-0.25, -0.2) is 0 Å². The van der Waals surface area contributed by atoms with Gasteiger partial charge in [-0.3, -0.25) is 4.79 Å². The predicted octanol–water partition coefficient (Wildman–Crippen LogP) is -0.515. The third-order valence-corrected chi connectivity index (χ3v) is 1.46. The van der Waals surface area contributed by atoms with Gasteiger partial charge >= 0.3 is 0 Å². The minimum Gasteiger partial charge on any atom is -0.395 e. The fraction of sp³-hybridized carbons (Fsp3) is 0.875. The molecular weight excluding hydrogens is 156 g/mol. The Labute approximate surface area is 73.3 Å². The van der Waals surface area contributed by atoms with Gasteiger partial charge in [0.05, 0.1) is 6.61 Å². The largest absolute Gasteiger partial charge is 0.395 e. The number of carbonyl (C=O) groups excluding carboxylic acids is 1. The van der Waals surface area contributed by atoms with Gasteiger partial charge in [0.25, 0.3) is 0 Å². The van der Waals surface area contributed by atoms with Gasteiger partial charge in [-0.05, 0) is 13.0 Å². The van der Waals surface area contributed by atoms with Crippen LogP contribution in [0.3, 0.4) is 0 Å². The SMILES string of the molecule is CCC(=O)NCCCNCCO. The average molecular weight is 174 g/mol. The van der Waals surface area contributed by atoms with E-state index in [0.717, 1.165) is 13.0 Å². The Hall–Kier alpha value is -0.610. The molecule has 4 heteroatoms. The molecule has 0 aliphatic rings. The summed E-state index contributed by atoms with van der Waals surface area (Å²) in [5.41, 5.74) is 0. The molecule has 0 aliphatic carbocycles. The smallest absolute Gasteiger partial charge is 0.219 e. The van der Waals surface area contributed by atoms with E-state index in [4.69, 9.17) is 5.11 Å². The summed E-state index contributed by atoms with van der Waals surface area (Å²) in [5, 5.41) is 14.2. The first kappa shape index (κ1) is 11.4.